The molecule has 0 unspecified atom stereocenters. The molecule has 1 N–H and O–H groups in total. The number of aromatic nitrogens is 2. The number of hydrogen-bond donors (Lipinski definition) is 1. The van der Waals surface area contributed by atoms with Crippen LogP contribution in [-0.4, -0.2) is 28.7 Å². The van der Waals surface area contributed by atoms with Crippen molar-refractivity contribution < 1.29 is 19.1 Å². The summed E-state index contributed by atoms with van der Waals surface area (Å²) in [7, 11) is 0. The molecule has 0 saturated heterocycles. The first-order valence-corrected chi connectivity index (χ1v) is 15.2. The lowest BCUT2D eigenvalue weighted by molar-refractivity contribution is -0.145. The Kier molecular flexibility index (Phi) is 15.5. The molecule has 0 aliphatic rings. The van der Waals surface area contributed by atoms with Crippen LogP contribution in [0.1, 0.15) is 144 Å². The van der Waals surface area contributed by atoms with Crippen molar-refractivity contribution in [3.63, 3.8) is 0 Å². The summed E-state index contributed by atoms with van der Waals surface area (Å²) < 4.78 is 10.6. The van der Waals surface area contributed by atoms with E-state index in [1.54, 1.807) is 26.8 Å². The molecule has 0 spiro atoms. The summed E-state index contributed by atoms with van der Waals surface area (Å²) in [5.74, 6) is -0.718. The molecular formula is C32H50N2O5. The van der Waals surface area contributed by atoms with Gasteiger partial charge in [0.1, 0.15) is 12.3 Å². The van der Waals surface area contributed by atoms with Gasteiger partial charge in [-0.1, -0.05) is 96.8 Å². The molecule has 0 fully saturated rings. The molecule has 0 bridgehead atoms. The molecule has 0 saturated carbocycles. The van der Waals surface area contributed by atoms with Crippen LogP contribution in [-0.2, 0) is 20.9 Å². The summed E-state index contributed by atoms with van der Waals surface area (Å²) in [6.45, 7) is 7.76. The topological polar surface area (TPSA) is 98.4 Å². The van der Waals surface area contributed by atoms with E-state index >= 15 is 0 Å². The van der Waals surface area contributed by atoms with Gasteiger partial charge in [0.25, 0.3) is 5.56 Å². The average molecular weight is 543 g/mol. The maximum absolute atomic E-state index is 12.5. The maximum atomic E-state index is 12.5. The van der Waals surface area contributed by atoms with E-state index in [1.807, 2.05) is 0 Å². The first kappa shape index (κ1) is 32.5. The fourth-order valence-electron chi connectivity index (χ4n) is 5.23. The molecule has 0 aliphatic carbocycles. The van der Waals surface area contributed by atoms with Crippen LogP contribution >= 0.6 is 0 Å². The Labute approximate surface area is 234 Å². The number of esters is 2. The van der Waals surface area contributed by atoms with Crippen molar-refractivity contribution in [3.8, 4) is 0 Å². The van der Waals surface area contributed by atoms with Crippen LogP contribution in [0.4, 0.5) is 0 Å². The summed E-state index contributed by atoms with van der Waals surface area (Å²) in [5.41, 5.74) is 1.70. The van der Waals surface area contributed by atoms with E-state index in [0.717, 1.165) is 19.3 Å². The molecule has 0 atom stereocenters. The van der Waals surface area contributed by atoms with Crippen molar-refractivity contribution in [3.05, 3.63) is 38.8 Å². The molecule has 218 valence electrons. The first-order chi connectivity index (χ1) is 18.9. The van der Waals surface area contributed by atoms with Gasteiger partial charge < -0.3 is 9.47 Å². The number of aromatic amines is 1. The fraction of sp³-hybridized carbons (Fsp3) is 0.688. The third-order valence-corrected chi connectivity index (χ3v) is 7.44. The predicted octanol–water partition coefficient (Wildman–Crippen LogP) is 8.02. The SMILES string of the molecule is CCCCCCCCCCCCCCCCCC(=O)OCc1n[nH]c(=O)c2c(C)c(C(=O)OCC)c(C)cc12. The molecular weight excluding hydrogens is 492 g/mol. The fourth-order valence-corrected chi connectivity index (χ4v) is 5.23. The second-order valence-electron chi connectivity index (χ2n) is 10.7. The van der Waals surface area contributed by atoms with Gasteiger partial charge in [0.05, 0.1) is 17.6 Å². The summed E-state index contributed by atoms with van der Waals surface area (Å²) in [6.07, 6.45) is 19.6. The number of ether oxygens (including phenoxy) is 2. The van der Waals surface area contributed by atoms with E-state index in [-0.39, 0.29) is 24.7 Å². The van der Waals surface area contributed by atoms with Gasteiger partial charge in [-0.2, -0.15) is 5.10 Å². The number of carbonyl (C=O) groups excluding carboxylic acids is 2. The Morgan fingerprint density at radius 3 is 1.87 bits per heavy atom. The number of fused-ring (bicyclic) bond motifs is 1. The lowest BCUT2D eigenvalue weighted by atomic mass is 9.96. The minimum atomic E-state index is -0.456. The second kappa shape index (κ2) is 18.6. The molecule has 0 radical (unpaired) electrons. The van der Waals surface area contributed by atoms with Crippen LogP contribution in [0, 0.1) is 13.8 Å². The van der Waals surface area contributed by atoms with Gasteiger partial charge in [0, 0.05) is 11.8 Å². The molecule has 1 aromatic heterocycles. The van der Waals surface area contributed by atoms with Gasteiger partial charge in [-0.3, -0.25) is 9.59 Å². The third kappa shape index (κ3) is 11.1. The highest BCUT2D eigenvalue weighted by molar-refractivity contribution is 6.00. The minimum Gasteiger partial charge on any atom is -0.462 e. The van der Waals surface area contributed by atoms with Crippen molar-refractivity contribution in [1.82, 2.24) is 10.2 Å². The summed E-state index contributed by atoms with van der Waals surface area (Å²) in [5, 5.41) is 7.55. The largest absolute Gasteiger partial charge is 0.462 e. The Bertz CT molecular complexity index is 1090. The predicted molar refractivity (Wildman–Crippen MR) is 157 cm³/mol. The molecule has 0 aliphatic heterocycles. The summed E-state index contributed by atoms with van der Waals surface area (Å²) in [6, 6.07) is 1.74. The van der Waals surface area contributed by atoms with E-state index in [9.17, 15) is 14.4 Å². The molecule has 2 rings (SSSR count). The van der Waals surface area contributed by atoms with Crippen LogP contribution in [0.3, 0.4) is 0 Å². The molecule has 7 heteroatoms. The highest BCUT2D eigenvalue weighted by atomic mass is 16.5. The molecule has 1 heterocycles. The Balaban J connectivity index is 1.67. The van der Waals surface area contributed by atoms with E-state index in [4.69, 9.17) is 9.47 Å². The number of rotatable bonds is 20. The minimum absolute atomic E-state index is 0.0253. The van der Waals surface area contributed by atoms with Gasteiger partial charge in [0.15, 0.2) is 0 Å². The molecule has 2 aromatic rings. The van der Waals surface area contributed by atoms with Gasteiger partial charge in [-0.25, -0.2) is 9.89 Å². The lowest BCUT2D eigenvalue weighted by Gasteiger charge is -2.13. The zero-order valence-corrected chi connectivity index (χ0v) is 24.8. The van der Waals surface area contributed by atoms with Gasteiger partial charge in [-0.05, 0) is 44.4 Å². The zero-order chi connectivity index (χ0) is 28.5. The Hall–Kier alpha value is -2.70. The number of unbranched alkanes of at least 4 members (excludes halogenated alkanes) is 14. The van der Waals surface area contributed by atoms with Gasteiger partial charge in [-0.15, -0.1) is 0 Å². The zero-order valence-electron chi connectivity index (χ0n) is 24.8. The van der Waals surface area contributed by atoms with Crippen molar-refractivity contribution in [2.45, 2.75) is 137 Å². The number of nitrogens with zero attached hydrogens (tertiary/aromatic N) is 1. The van der Waals surface area contributed by atoms with Crippen LogP contribution in [0.5, 0.6) is 0 Å². The van der Waals surface area contributed by atoms with E-state index in [1.165, 1.54) is 77.0 Å². The van der Waals surface area contributed by atoms with Crippen molar-refractivity contribution in [2.75, 3.05) is 6.61 Å². The first-order valence-electron chi connectivity index (χ1n) is 15.2. The number of carbonyl (C=O) groups is 2. The summed E-state index contributed by atoms with van der Waals surface area (Å²) in [4.78, 5) is 37.2. The number of benzene rings is 1. The number of nitrogens with one attached hydrogen (secondary N) is 1. The van der Waals surface area contributed by atoms with Gasteiger partial charge in [0.2, 0.25) is 0 Å². The molecule has 39 heavy (non-hydrogen) atoms. The van der Waals surface area contributed by atoms with E-state index < -0.39 is 5.97 Å². The van der Waals surface area contributed by atoms with E-state index in [2.05, 4.69) is 17.1 Å². The van der Waals surface area contributed by atoms with E-state index in [0.29, 0.717) is 39.6 Å². The van der Waals surface area contributed by atoms with Crippen LogP contribution in [0.2, 0.25) is 0 Å². The third-order valence-electron chi connectivity index (χ3n) is 7.44. The van der Waals surface area contributed by atoms with Crippen molar-refractivity contribution in [1.29, 1.82) is 0 Å². The van der Waals surface area contributed by atoms with Gasteiger partial charge >= 0.3 is 11.9 Å². The van der Waals surface area contributed by atoms with Crippen molar-refractivity contribution in [2.24, 2.45) is 0 Å². The van der Waals surface area contributed by atoms with Crippen molar-refractivity contribution >= 4 is 22.7 Å². The average Bonchev–Trinajstić information content (AvgIpc) is 2.90. The molecule has 1 aromatic carbocycles. The highest BCUT2D eigenvalue weighted by Gasteiger charge is 2.20. The Morgan fingerprint density at radius 1 is 0.795 bits per heavy atom. The highest BCUT2D eigenvalue weighted by Crippen LogP contribution is 2.25. The maximum Gasteiger partial charge on any atom is 0.338 e. The standard InChI is InChI=1S/C32H50N2O5/c1-5-7-8-9-10-11-12-13-14-15-16-17-18-19-20-21-28(35)39-23-27-26-22-24(3)29(32(37)38-6-2)25(4)30(26)31(36)34-33-27/h22H,5-21,23H2,1-4H3,(H,34,36). The smallest absolute Gasteiger partial charge is 0.338 e. The number of hydrogen-bond acceptors (Lipinski definition) is 6. The van der Waals surface area contributed by atoms with Crippen LogP contribution < -0.4 is 5.56 Å². The number of aryl methyl sites for hydroxylation is 2. The normalized spacial score (nSPS) is 11.2. The quantitative estimate of drug-likeness (QED) is 0.134. The monoisotopic (exact) mass is 542 g/mol. The second-order valence-corrected chi connectivity index (χ2v) is 10.7. The summed E-state index contributed by atoms with van der Waals surface area (Å²) >= 11 is 0. The van der Waals surface area contributed by atoms with Crippen LogP contribution in [0.25, 0.3) is 10.8 Å². The Morgan fingerprint density at radius 2 is 1.33 bits per heavy atom. The van der Waals surface area contributed by atoms with Crippen LogP contribution in [0.15, 0.2) is 10.9 Å². The molecule has 0 amide bonds. The molecule has 7 nitrogen and oxygen atoms in total. The number of H-pyrrole nitrogens is 1. The lowest BCUT2D eigenvalue weighted by Crippen LogP contribution is -2.17.